The fraction of sp³-hybridized carbons (Fsp3) is 0.308. The van der Waals surface area contributed by atoms with Crippen LogP contribution in [0.1, 0.15) is 17.0 Å². The van der Waals surface area contributed by atoms with Crippen LogP contribution in [0.3, 0.4) is 0 Å². The van der Waals surface area contributed by atoms with Gasteiger partial charge in [-0.05, 0) is 17.7 Å². The molecular formula is C13H11F3N4O. The zero-order chi connectivity index (χ0) is 15.0. The first-order valence-electron chi connectivity index (χ1n) is 6.24. The van der Waals surface area contributed by atoms with E-state index < -0.39 is 11.9 Å². The van der Waals surface area contributed by atoms with Crippen LogP contribution in [0.25, 0.3) is 0 Å². The molecule has 3 heterocycles. The summed E-state index contributed by atoms with van der Waals surface area (Å²) < 4.78 is 38.3. The summed E-state index contributed by atoms with van der Waals surface area (Å²) in [5.74, 6) is -0.287. The number of amides is 1. The van der Waals surface area contributed by atoms with Gasteiger partial charge in [-0.15, -0.1) is 0 Å². The summed E-state index contributed by atoms with van der Waals surface area (Å²) in [5.41, 5.74) is 0.784. The van der Waals surface area contributed by atoms with Gasteiger partial charge in [0, 0.05) is 18.9 Å². The largest absolute Gasteiger partial charge is 0.435 e. The minimum atomic E-state index is -4.50. The predicted octanol–water partition coefficient (Wildman–Crippen LogP) is 1.84. The standard InChI is InChI=1S/C13H11F3N4O/c14-13(15,16)11-3-5-20(18-11)8-12(21)19-6-9-2-1-4-17-10(9)7-19/h1-5H,6-8H2. The molecule has 0 saturated heterocycles. The van der Waals surface area contributed by atoms with Crippen LogP contribution in [0.4, 0.5) is 13.2 Å². The van der Waals surface area contributed by atoms with Crippen molar-refractivity contribution in [3.8, 4) is 0 Å². The smallest absolute Gasteiger partial charge is 0.331 e. The van der Waals surface area contributed by atoms with Gasteiger partial charge in [-0.2, -0.15) is 18.3 Å². The summed E-state index contributed by atoms with van der Waals surface area (Å²) in [6.45, 7) is 0.585. The topological polar surface area (TPSA) is 51.0 Å². The lowest BCUT2D eigenvalue weighted by Gasteiger charge is -2.14. The lowest BCUT2D eigenvalue weighted by atomic mass is 10.2. The summed E-state index contributed by atoms with van der Waals surface area (Å²) in [6.07, 6.45) is -1.69. The molecule has 0 N–H and O–H groups in total. The Kier molecular flexibility index (Phi) is 3.15. The monoisotopic (exact) mass is 296 g/mol. The highest BCUT2D eigenvalue weighted by molar-refractivity contribution is 5.76. The first-order chi connectivity index (χ1) is 9.93. The van der Waals surface area contributed by atoms with Crippen LogP contribution < -0.4 is 0 Å². The van der Waals surface area contributed by atoms with Gasteiger partial charge in [-0.3, -0.25) is 14.5 Å². The first kappa shape index (κ1) is 13.6. The zero-order valence-corrected chi connectivity index (χ0v) is 10.8. The molecule has 2 aromatic rings. The number of nitrogens with zero attached hydrogens (tertiary/aromatic N) is 4. The van der Waals surface area contributed by atoms with Gasteiger partial charge < -0.3 is 4.90 Å². The van der Waals surface area contributed by atoms with Gasteiger partial charge in [0.05, 0.1) is 12.2 Å². The number of carbonyl (C=O) groups is 1. The van der Waals surface area contributed by atoms with Crippen LogP contribution in [-0.4, -0.2) is 25.6 Å². The summed E-state index contributed by atoms with van der Waals surface area (Å²) in [4.78, 5) is 17.8. The molecule has 0 spiro atoms. The minimum absolute atomic E-state index is 0.218. The second kappa shape index (κ2) is 4.87. The molecule has 2 aromatic heterocycles. The first-order valence-corrected chi connectivity index (χ1v) is 6.24. The van der Waals surface area contributed by atoms with Crippen molar-refractivity contribution in [2.45, 2.75) is 25.8 Å². The molecule has 0 atom stereocenters. The summed E-state index contributed by atoms with van der Waals surface area (Å²) in [7, 11) is 0. The second-order valence-corrected chi connectivity index (χ2v) is 4.76. The molecule has 3 rings (SSSR count). The number of hydrogen-bond acceptors (Lipinski definition) is 3. The second-order valence-electron chi connectivity index (χ2n) is 4.76. The van der Waals surface area contributed by atoms with Crippen molar-refractivity contribution in [3.05, 3.63) is 47.5 Å². The van der Waals surface area contributed by atoms with Crippen LogP contribution in [0, 0.1) is 0 Å². The van der Waals surface area contributed by atoms with E-state index in [4.69, 9.17) is 0 Å². The molecule has 110 valence electrons. The van der Waals surface area contributed by atoms with Gasteiger partial charge >= 0.3 is 6.18 Å². The van der Waals surface area contributed by atoms with Crippen LogP contribution >= 0.6 is 0 Å². The van der Waals surface area contributed by atoms with Crippen molar-refractivity contribution in [2.24, 2.45) is 0 Å². The third-order valence-electron chi connectivity index (χ3n) is 3.27. The molecule has 0 radical (unpaired) electrons. The zero-order valence-electron chi connectivity index (χ0n) is 10.8. The quantitative estimate of drug-likeness (QED) is 0.849. The fourth-order valence-corrected chi connectivity index (χ4v) is 2.22. The maximum absolute atomic E-state index is 12.4. The van der Waals surface area contributed by atoms with Crippen LogP contribution in [0.2, 0.25) is 0 Å². The van der Waals surface area contributed by atoms with E-state index in [1.165, 1.54) is 0 Å². The Labute approximate surface area is 118 Å². The number of pyridine rings is 1. The molecule has 0 aromatic carbocycles. The van der Waals surface area contributed by atoms with Gasteiger partial charge in [0.15, 0.2) is 5.69 Å². The van der Waals surface area contributed by atoms with E-state index in [1.54, 1.807) is 17.2 Å². The third kappa shape index (κ3) is 2.74. The van der Waals surface area contributed by atoms with Crippen LogP contribution in [-0.2, 0) is 30.6 Å². The van der Waals surface area contributed by atoms with Crippen molar-refractivity contribution >= 4 is 5.91 Å². The van der Waals surface area contributed by atoms with Crippen molar-refractivity contribution in [3.63, 3.8) is 0 Å². The Morgan fingerprint density at radius 2 is 2.10 bits per heavy atom. The molecule has 21 heavy (non-hydrogen) atoms. The molecule has 8 heteroatoms. The number of halogens is 3. The normalized spacial score (nSPS) is 14.3. The average molecular weight is 296 g/mol. The summed E-state index contributed by atoms with van der Waals surface area (Å²) >= 11 is 0. The highest BCUT2D eigenvalue weighted by atomic mass is 19.4. The molecule has 0 aliphatic carbocycles. The number of carbonyl (C=O) groups excluding carboxylic acids is 1. The number of fused-ring (bicyclic) bond motifs is 1. The van der Waals surface area contributed by atoms with Gasteiger partial charge in [-0.25, -0.2) is 0 Å². The number of aromatic nitrogens is 3. The molecule has 1 aliphatic heterocycles. The highest BCUT2D eigenvalue weighted by Gasteiger charge is 2.34. The summed E-state index contributed by atoms with van der Waals surface area (Å²) in [5, 5.41) is 3.37. The number of hydrogen-bond donors (Lipinski definition) is 0. The Morgan fingerprint density at radius 1 is 1.29 bits per heavy atom. The average Bonchev–Trinajstić information content (AvgIpc) is 3.03. The van der Waals surface area contributed by atoms with Crippen molar-refractivity contribution in [1.29, 1.82) is 0 Å². The fourth-order valence-electron chi connectivity index (χ4n) is 2.22. The Bertz CT molecular complexity index is 655. The van der Waals surface area contributed by atoms with Gasteiger partial charge in [0.1, 0.15) is 6.54 Å². The lowest BCUT2D eigenvalue weighted by Crippen LogP contribution is -2.29. The molecule has 5 nitrogen and oxygen atoms in total. The van der Waals surface area contributed by atoms with E-state index in [0.717, 1.165) is 28.2 Å². The van der Waals surface area contributed by atoms with E-state index in [9.17, 15) is 18.0 Å². The van der Waals surface area contributed by atoms with Crippen LogP contribution in [0.15, 0.2) is 30.6 Å². The Balaban J connectivity index is 1.67. The maximum Gasteiger partial charge on any atom is 0.435 e. The minimum Gasteiger partial charge on any atom is -0.331 e. The lowest BCUT2D eigenvalue weighted by molar-refractivity contribution is -0.142. The number of alkyl halides is 3. The van der Waals surface area contributed by atoms with E-state index in [2.05, 4.69) is 10.1 Å². The highest BCUT2D eigenvalue weighted by Crippen LogP contribution is 2.27. The molecule has 1 amide bonds. The Hall–Kier alpha value is -2.38. The molecule has 1 aliphatic rings. The maximum atomic E-state index is 12.4. The summed E-state index contributed by atoms with van der Waals surface area (Å²) in [6, 6.07) is 4.52. The molecule has 0 unspecified atom stereocenters. The van der Waals surface area contributed by atoms with E-state index in [-0.39, 0.29) is 12.5 Å². The van der Waals surface area contributed by atoms with E-state index >= 15 is 0 Å². The molecule has 0 bridgehead atoms. The van der Waals surface area contributed by atoms with E-state index in [1.807, 2.05) is 6.07 Å². The van der Waals surface area contributed by atoms with Gasteiger partial charge in [-0.1, -0.05) is 6.07 Å². The SMILES string of the molecule is O=C(Cn1ccc(C(F)(F)F)n1)N1Cc2cccnc2C1. The van der Waals surface area contributed by atoms with Gasteiger partial charge in [0.25, 0.3) is 0 Å². The molecular weight excluding hydrogens is 285 g/mol. The Morgan fingerprint density at radius 3 is 2.76 bits per heavy atom. The van der Waals surface area contributed by atoms with Crippen molar-refractivity contribution in [2.75, 3.05) is 0 Å². The van der Waals surface area contributed by atoms with Crippen molar-refractivity contribution < 1.29 is 18.0 Å². The van der Waals surface area contributed by atoms with Crippen LogP contribution in [0.5, 0.6) is 0 Å². The van der Waals surface area contributed by atoms with Crippen molar-refractivity contribution in [1.82, 2.24) is 19.7 Å². The van der Waals surface area contributed by atoms with Gasteiger partial charge in [0.2, 0.25) is 5.91 Å². The molecule has 0 fully saturated rings. The number of rotatable bonds is 2. The van der Waals surface area contributed by atoms with E-state index in [0.29, 0.717) is 13.1 Å². The molecule has 0 saturated carbocycles. The third-order valence-corrected chi connectivity index (χ3v) is 3.27. The predicted molar refractivity (Wildman–Crippen MR) is 65.7 cm³/mol.